The lowest BCUT2D eigenvalue weighted by Crippen LogP contribution is -2.31. The molecular formula is C12H27Cl2O5P. The van der Waals surface area contributed by atoms with Gasteiger partial charge in [-0.15, -0.1) is 23.2 Å². The van der Waals surface area contributed by atoms with Crippen LogP contribution in [0.1, 0.15) is 40.0 Å². The molecule has 0 aromatic heterocycles. The van der Waals surface area contributed by atoms with E-state index in [1.165, 1.54) is 0 Å². The Bertz CT molecular complexity index is 238. The van der Waals surface area contributed by atoms with Crippen molar-refractivity contribution in [1.29, 1.82) is 0 Å². The Balaban J connectivity index is 0. The Hall–Kier alpha value is 0.650. The Morgan fingerprint density at radius 2 is 1.75 bits per heavy atom. The summed E-state index contributed by atoms with van der Waals surface area (Å²) < 4.78 is 14.5. The van der Waals surface area contributed by atoms with Gasteiger partial charge in [0.2, 0.25) is 0 Å². The average Bonchev–Trinajstić information content (AvgIpc) is 2.31. The zero-order valence-corrected chi connectivity index (χ0v) is 14.8. The summed E-state index contributed by atoms with van der Waals surface area (Å²) in [4.78, 5) is 14.3. The van der Waals surface area contributed by atoms with E-state index in [1.807, 2.05) is 13.8 Å². The molecule has 0 spiro atoms. The lowest BCUT2D eigenvalue weighted by atomic mass is 9.92. The summed E-state index contributed by atoms with van der Waals surface area (Å²) in [7, 11) is -3.13. The minimum atomic E-state index is -3.13. The third-order valence-corrected chi connectivity index (χ3v) is 3.20. The molecule has 3 N–H and O–H groups in total. The first-order chi connectivity index (χ1) is 9.26. The van der Waals surface area contributed by atoms with Crippen molar-refractivity contribution in [3.05, 3.63) is 0 Å². The maximum absolute atomic E-state index is 8.74. The summed E-state index contributed by atoms with van der Waals surface area (Å²) in [6.07, 6.45) is 2.61. The van der Waals surface area contributed by atoms with Crippen LogP contribution in [0.2, 0.25) is 0 Å². The quantitative estimate of drug-likeness (QED) is 0.337. The van der Waals surface area contributed by atoms with E-state index in [4.69, 9.17) is 47.4 Å². The topological polar surface area (TPSA) is 87.0 Å². The lowest BCUT2D eigenvalue weighted by Gasteiger charge is -2.29. The first kappa shape index (κ1) is 22.9. The number of ether oxygens (including phenoxy) is 1. The summed E-state index contributed by atoms with van der Waals surface area (Å²) in [6.45, 7) is 6.82. The van der Waals surface area contributed by atoms with Crippen molar-refractivity contribution in [2.45, 2.75) is 56.9 Å². The molecule has 0 aliphatic heterocycles. The molecule has 0 amide bonds. The van der Waals surface area contributed by atoms with Crippen molar-refractivity contribution in [3.63, 3.8) is 0 Å². The molecule has 0 fully saturated rings. The zero-order valence-electron chi connectivity index (χ0n) is 12.3. The fourth-order valence-electron chi connectivity index (χ4n) is 1.85. The predicted molar refractivity (Wildman–Crippen MR) is 83.9 cm³/mol. The SMILES string of the molecule is CCC(OCCCO)C(CC(C)Cl)C(C)Cl.O=[PH](O)O. The molecule has 0 saturated heterocycles. The number of aliphatic hydroxyl groups is 1. The van der Waals surface area contributed by atoms with E-state index in [1.54, 1.807) is 0 Å². The highest BCUT2D eigenvalue weighted by Gasteiger charge is 2.26. The van der Waals surface area contributed by atoms with Gasteiger partial charge in [-0.05, 0) is 33.1 Å². The molecule has 0 heterocycles. The van der Waals surface area contributed by atoms with Crippen LogP contribution in [0.5, 0.6) is 0 Å². The molecule has 20 heavy (non-hydrogen) atoms. The molecule has 0 saturated carbocycles. The Labute approximate surface area is 132 Å². The van der Waals surface area contributed by atoms with Gasteiger partial charge in [0, 0.05) is 29.9 Å². The van der Waals surface area contributed by atoms with Gasteiger partial charge in [0.15, 0.2) is 0 Å². The van der Waals surface area contributed by atoms with E-state index in [2.05, 4.69) is 6.92 Å². The highest BCUT2D eigenvalue weighted by molar-refractivity contribution is 7.30. The second-order valence-electron chi connectivity index (χ2n) is 4.54. The van der Waals surface area contributed by atoms with Gasteiger partial charge in [0.25, 0.3) is 0 Å². The minimum Gasteiger partial charge on any atom is -0.396 e. The second kappa shape index (κ2) is 14.6. The van der Waals surface area contributed by atoms with Gasteiger partial charge in [-0.3, -0.25) is 4.57 Å². The molecule has 5 nitrogen and oxygen atoms in total. The van der Waals surface area contributed by atoms with Crippen LogP contribution >= 0.6 is 31.5 Å². The highest BCUT2D eigenvalue weighted by Crippen LogP contribution is 2.26. The Morgan fingerprint density at radius 1 is 1.25 bits per heavy atom. The lowest BCUT2D eigenvalue weighted by molar-refractivity contribution is 0.00114. The van der Waals surface area contributed by atoms with Crippen LogP contribution in [0.3, 0.4) is 0 Å². The number of halogens is 2. The summed E-state index contributed by atoms with van der Waals surface area (Å²) in [5.74, 6) is 0.276. The fraction of sp³-hybridized carbons (Fsp3) is 1.00. The van der Waals surface area contributed by atoms with Gasteiger partial charge < -0.3 is 19.6 Å². The number of rotatable bonds is 9. The van der Waals surface area contributed by atoms with E-state index in [9.17, 15) is 0 Å². The standard InChI is InChI=1S/C12H24Cl2O2.H3O3P/c1-4-12(16-7-5-6-15)11(10(3)14)8-9(2)13;1-4(2)3/h9-12,15H,4-8H2,1-3H3;4H,(H2,1,2,3). The monoisotopic (exact) mass is 352 g/mol. The average molecular weight is 353 g/mol. The van der Waals surface area contributed by atoms with Crippen LogP contribution in [-0.4, -0.2) is 45.0 Å². The molecule has 0 aromatic rings. The van der Waals surface area contributed by atoms with Crippen LogP contribution in [0.25, 0.3) is 0 Å². The van der Waals surface area contributed by atoms with Gasteiger partial charge in [-0.1, -0.05) is 6.92 Å². The van der Waals surface area contributed by atoms with E-state index >= 15 is 0 Å². The molecule has 0 rings (SSSR count). The van der Waals surface area contributed by atoms with E-state index < -0.39 is 8.25 Å². The summed E-state index contributed by atoms with van der Waals surface area (Å²) in [5.41, 5.74) is 0. The summed E-state index contributed by atoms with van der Waals surface area (Å²) in [5, 5.41) is 8.89. The number of aliphatic hydroxyl groups excluding tert-OH is 1. The molecule has 0 aliphatic rings. The zero-order chi connectivity index (χ0) is 16.1. The van der Waals surface area contributed by atoms with Gasteiger partial charge in [-0.25, -0.2) is 0 Å². The fourth-order valence-corrected chi connectivity index (χ4v) is 2.32. The third kappa shape index (κ3) is 15.0. The first-order valence-corrected chi connectivity index (χ1v) is 8.86. The Morgan fingerprint density at radius 3 is 2.05 bits per heavy atom. The third-order valence-electron chi connectivity index (χ3n) is 2.70. The van der Waals surface area contributed by atoms with Crippen LogP contribution in [0, 0.1) is 5.92 Å². The van der Waals surface area contributed by atoms with Crippen molar-refractivity contribution in [2.75, 3.05) is 13.2 Å². The minimum absolute atomic E-state index is 0.0558. The van der Waals surface area contributed by atoms with Crippen LogP contribution in [0.4, 0.5) is 0 Å². The summed E-state index contributed by atoms with van der Waals surface area (Å²) in [6, 6.07) is 0. The van der Waals surface area contributed by atoms with Crippen molar-refractivity contribution >= 4 is 31.5 Å². The largest absolute Gasteiger partial charge is 0.396 e. The molecular weight excluding hydrogens is 326 g/mol. The van der Waals surface area contributed by atoms with E-state index in [-0.39, 0.29) is 29.4 Å². The van der Waals surface area contributed by atoms with E-state index in [0.717, 1.165) is 12.8 Å². The molecule has 8 heteroatoms. The maximum Gasteiger partial charge on any atom is 0.314 e. The molecule has 4 unspecified atom stereocenters. The smallest absolute Gasteiger partial charge is 0.314 e. The van der Waals surface area contributed by atoms with Crippen molar-refractivity contribution in [1.82, 2.24) is 0 Å². The van der Waals surface area contributed by atoms with Crippen molar-refractivity contribution in [3.8, 4) is 0 Å². The predicted octanol–water partition coefficient (Wildman–Crippen LogP) is 2.79. The molecule has 4 atom stereocenters. The number of hydrogen-bond donors (Lipinski definition) is 3. The second-order valence-corrected chi connectivity index (χ2v) is 6.53. The van der Waals surface area contributed by atoms with Crippen LogP contribution < -0.4 is 0 Å². The van der Waals surface area contributed by atoms with Crippen LogP contribution in [-0.2, 0) is 9.30 Å². The van der Waals surface area contributed by atoms with Gasteiger partial charge in [0.1, 0.15) is 0 Å². The highest BCUT2D eigenvalue weighted by atomic mass is 35.5. The Kier molecular flexibility index (Phi) is 16.7. The van der Waals surface area contributed by atoms with Crippen molar-refractivity contribution in [2.24, 2.45) is 5.92 Å². The first-order valence-electron chi connectivity index (χ1n) is 6.68. The molecule has 124 valence electrons. The molecule has 0 bridgehead atoms. The number of hydrogen-bond acceptors (Lipinski definition) is 3. The van der Waals surface area contributed by atoms with Gasteiger partial charge in [-0.2, -0.15) is 0 Å². The molecule has 0 radical (unpaired) electrons. The number of alkyl halides is 2. The van der Waals surface area contributed by atoms with Gasteiger partial charge in [0.05, 0.1) is 6.10 Å². The maximum atomic E-state index is 8.74. The van der Waals surface area contributed by atoms with Crippen molar-refractivity contribution < 1.29 is 24.2 Å². The van der Waals surface area contributed by atoms with Gasteiger partial charge >= 0.3 is 8.25 Å². The van der Waals surface area contributed by atoms with Crippen LogP contribution in [0.15, 0.2) is 0 Å². The normalized spacial score (nSPS) is 17.1. The van der Waals surface area contributed by atoms with E-state index in [0.29, 0.717) is 13.0 Å². The molecule has 0 aromatic carbocycles. The summed E-state index contributed by atoms with van der Waals surface area (Å²) >= 11 is 12.2. The molecule has 0 aliphatic carbocycles.